The first kappa shape index (κ1) is 112. The standard InChI is InChI=1S/C28H40F3N5O2S.C25H35F3N4O2S2.C23H32F3N5S.C16H19F3N4S.C12H21NO3/c1-18-32-23(22-13-21(14-28(29,30)31)39-24(22)33-18)36-12-10-27(17-36)9-11-35(16-27)15-19-5-7-20(8-6-19)34-25(37)38-26(2,3)4;1-17-29-22(21-11-20(12-25(26,27)28)35-23(21)30-17)32-10-8-24(16-32)7-9-31(15-24)13-18-3-5-19(6-4-18)14-36(2,33)34;1-15-28-20(19-10-18(11-23(24,25)26)32-21(19)29-15)31-9-7-22(14-31)6-8-30(13-22)12-16-2-4-17(27)5-3-16;1-10-21-13(23-5-3-15(9-23)2-4-20-8-15)12-6-11(7-16(17,18)19)24-14(12)22-10;1-12(2,3)16-11(15)13-10-6-4-9(8-14)5-7-10/h13,19-20H,5-12,14-17H2,1-4H3,(H,34,37);11,18-19H,3-10,12-16H2,1-2H3;10,16-17H,2-9,11-14,27H2,1H3;6,20H,2-5,7-9H2,1H3;8-10H,4-7H2,1-3H3,(H,13,15). The van der Waals surface area contributed by atoms with E-state index in [1.54, 1.807) is 38.1 Å². The highest BCUT2D eigenvalue weighted by Gasteiger charge is 2.50. The van der Waals surface area contributed by atoms with Crippen LogP contribution in [0.3, 0.4) is 0 Å². The number of nitrogens with two attached hydrogens (primary N) is 1. The summed E-state index contributed by atoms with van der Waals surface area (Å²) in [7, 11) is -2.90. The van der Waals surface area contributed by atoms with Crippen molar-refractivity contribution in [3.05, 3.63) is 67.1 Å². The van der Waals surface area contributed by atoms with Gasteiger partial charge >= 0.3 is 36.9 Å². The maximum atomic E-state index is 13.0. The number of likely N-dealkylation sites (tertiary alicyclic amines) is 3. The minimum absolute atomic E-state index is 0.158. The maximum Gasteiger partial charge on any atom is 0.407 e. The van der Waals surface area contributed by atoms with Gasteiger partial charge in [0.15, 0.2) is 0 Å². The maximum absolute atomic E-state index is 13.0. The second-order valence-corrected chi connectivity index (χ2v) is 53.5. The van der Waals surface area contributed by atoms with E-state index in [9.17, 15) is 75.5 Å². The predicted octanol–water partition coefficient (Wildman–Crippen LogP) is 21.0. The number of fused-ring (bicyclic) bond motifs is 4. The molecule has 26 nitrogen and oxygen atoms in total. The fourth-order valence-electron chi connectivity index (χ4n) is 24.8. The van der Waals surface area contributed by atoms with E-state index in [1.165, 1.54) is 32.1 Å². The van der Waals surface area contributed by atoms with Crippen molar-refractivity contribution in [3.63, 3.8) is 0 Å². The topological polar surface area (TPSA) is 292 Å². The molecule has 814 valence electrons. The third-order valence-electron chi connectivity index (χ3n) is 31.7. The number of nitrogens with zero attached hydrogens (tertiary/aromatic N) is 15. The predicted molar refractivity (Wildman–Crippen MR) is 557 cm³/mol. The molecule has 12 aliphatic rings. The van der Waals surface area contributed by atoms with Gasteiger partial charge in [-0.05, 0) is 297 Å². The number of alkyl halides is 12. The van der Waals surface area contributed by atoms with Gasteiger partial charge in [-0.25, -0.2) is 57.9 Å². The zero-order chi connectivity index (χ0) is 105. The number of hydrogen-bond acceptors (Lipinski definition) is 28. The normalized spacial score (nSPS) is 27.2. The molecular formula is C104H147F12N19O7S5. The molecule has 4 aliphatic carbocycles. The van der Waals surface area contributed by atoms with Crippen LogP contribution in [0.25, 0.3) is 40.9 Å². The van der Waals surface area contributed by atoms with E-state index in [2.05, 4.69) is 85.1 Å². The molecule has 0 bridgehead atoms. The summed E-state index contributed by atoms with van der Waals surface area (Å²) in [6.45, 7) is 37.4. The molecule has 12 fully saturated rings. The molecular weight excluding hydrogens is 2020 g/mol. The number of aromatic nitrogens is 8. The van der Waals surface area contributed by atoms with Gasteiger partial charge in [-0.15, -0.1) is 45.3 Å². The van der Waals surface area contributed by atoms with Crippen LogP contribution in [0, 0.1) is 78.9 Å². The molecule has 4 spiro atoms. The van der Waals surface area contributed by atoms with Gasteiger partial charge in [0.25, 0.3) is 0 Å². The Morgan fingerprint density at radius 2 is 0.687 bits per heavy atom. The van der Waals surface area contributed by atoms with Crippen LogP contribution in [-0.2, 0) is 49.8 Å². The highest BCUT2D eigenvalue weighted by atomic mass is 32.2. The molecule has 147 heavy (non-hydrogen) atoms. The summed E-state index contributed by atoms with van der Waals surface area (Å²) in [5, 5.41) is 12.3. The van der Waals surface area contributed by atoms with Gasteiger partial charge in [0.1, 0.15) is 93.2 Å². The number of aldehydes is 1. The third kappa shape index (κ3) is 31.2. The molecule has 16 heterocycles. The number of thiophene rings is 4. The number of alkyl carbamates (subject to hydrolysis) is 2. The average Bonchev–Trinajstić information content (AvgIpc) is 1.62. The largest absolute Gasteiger partial charge is 0.444 e. The van der Waals surface area contributed by atoms with Gasteiger partial charge in [-0.1, -0.05) is 0 Å². The van der Waals surface area contributed by atoms with Crippen LogP contribution in [0.4, 0.5) is 85.5 Å². The van der Waals surface area contributed by atoms with E-state index >= 15 is 0 Å². The molecule has 8 aromatic rings. The number of carbonyl (C=O) groups is 3. The number of halogens is 12. The lowest BCUT2D eigenvalue weighted by atomic mass is 9.82. The van der Waals surface area contributed by atoms with Crippen molar-refractivity contribution < 1.29 is 85.0 Å². The first-order valence-electron chi connectivity index (χ1n) is 52.7. The minimum atomic E-state index is -4.23. The highest BCUT2D eigenvalue weighted by Crippen LogP contribution is 2.51. The average molecular weight is 2160 g/mol. The Morgan fingerprint density at radius 3 is 0.973 bits per heavy atom. The molecule has 20 rings (SSSR count). The highest BCUT2D eigenvalue weighted by molar-refractivity contribution is 7.90. The zero-order valence-electron chi connectivity index (χ0n) is 86.7. The Hall–Kier alpha value is -7.52. The summed E-state index contributed by atoms with van der Waals surface area (Å²) in [5.41, 5.74) is 6.08. The molecule has 43 heteroatoms. The number of hydrogen-bond donors (Lipinski definition) is 4. The van der Waals surface area contributed by atoms with Gasteiger partial charge in [0.05, 0.1) is 53.0 Å². The fourth-order valence-corrected chi connectivity index (χ4v) is 30.4. The van der Waals surface area contributed by atoms with Crippen molar-refractivity contribution >= 4 is 138 Å². The van der Waals surface area contributed by atoms with E-state index in [4.69, 9.17) is 20.2 Å². The van der Waals surface area contributed by atoms with E-state index in [-0.39, 0.29) is 61.6 Å². The second-order valence-electron chi connectivity index (χ2n) is 46.9. The monoisotopic (exact) mass is 2160 g/mol. The number of ether oxygens (including phenoxy) is 2. The quantitative estimate of drug-likeness (QED) is 0.0432. The molecule has 4 atom stereocenters. The summed E-state index contributed by atoms with van der Waals surface area (Å²) >= 11 is 4.51. The van der Waals surface area contributed by atoms with E-state index in [0.717, 1.165) is 355 Å². The van der Waals surface area contributed by atoms with Crippen molar-refractivity contribution in [2.24, 2.45) is 57.0 Å². The number of anilines is 4. The lowest BCUT2D eigenvalue weighted by molar-refractivity contribution is -0.127. The Balaban J connectivity index is 0.000000135. The van der Waals surface area contributed by atoms with Crippen molar-refractivity contribution in [3.8, 4) is 0 Å². The Morgan fingerprint density at radius 1 is 0.408 bits per heavy atom. The summed E-state index contributed by atoms with van der Waals surface area (Å²) in [5.74, 6) is 8.46. The fraction of sp³-hybridized carbons (Fsp3) is 0.740. The number of carbonyl (C=O) groups excluding carboxylic acids is 3. The van der Waals surface area contributed by atoms with Crippen LogP contribution >= 0.6 is 45.3 Å². The van der Waals surface area contributed by atoms with E-state index < -0.39 is 71.4 Å². The molecule has 5 N–H and O–H groups in total. The van der Waals surface area contributed by atoms with Gasteiger partial charge in [-0.3, -0.25) is 0 Å². The van der Waals surface area contributed by atoms with Gasteiger partial charge < -0.3 is 70.3 Å². The van der Waals surface area contributed by atoms with Crippen LogP contribution in [-0.4, -0.2) is 272 Å². The van der Waals surface area contributed by atoms with Gasteiger partial charge in [0, 0.05) is 170 Å². The van der Waals surface area contributed by atoms with Crippen molar-refractivity contribution in [1.82, 2.24) is 70.5 Å². The molecule has 2 amide bonds. The molecule has 4 unspecified atom stereocenters. The van der Waals surface area contributed by atoms with Gasteiger partial charge in [0.2, 0.25) is 0 Å². The summed E-state index contributed by atoms with van der Waals surface area (Å²) in [6, 6.07) is 7.29. The zero-order valence-corrected chi connectivity index (χ0v) is 90.7. The minimum Gasteiger partial charge on any atom is -0.444 e. The number of nitrogens with one attached hydrogen (secondary N) is 3. The molecule has 8 aliphatic heterocycles. The van der Waals surface area contributed by atoms with E-state index in [0.29, 0.717) is 81.9 Å². The van der Waals surface area contributed by atoms with E-state index in [1.807, 2.05) is 55.4 Å². The van der Waals surface area contributed by atoms with Crippen LogP contribution in [0.15, 0.2) is 24.3 Å². The Bertz CT molecular complexity index is 5970. The summed E-state index contributed by atoms with van der Waals surface area (Å²) in [4.78, 5) is 91.1. The molecule has 8 saturated heterocycles. The van der Waals surface area contributed by atoms with Crippen molar-refractivity contribution in [2.75, 3.05) is 156 Å². The number of amides is 2. The third-order valence-corrected chi connectivity index (χ3v) is 36.9. The lowest BCUT2D eigenvalue weighted by Gasteiger charge is -2.32. The lowest BCUT2D eigenvalue weighted by Crippen LogP contribution is -2.42. The number of rotatable bonds is 19. The molecule has 0 aromatic carbocycles. The first-order chi connectivity index (χ1) is 69.0. The first-order valence-corrected chi connectivity index (χ1v) is 58.0. The SMILES string of the molecule is CC(C)(C)OC(=O)NC1CCC(C=O)CC1.Cc1nc(N2CCC3(CCN(CC4CCC(CS(C)(=O)=O)CC4)C3)C2)c2cc(CC(F)(F)F)sc2n1.Cc1nc(N2CCC3(CCN(CC4CCC(N)CC4)C3)C2)c2cc(CC(F)(F)F)sc2n1.Cc1nc(N2CCC3(CCN(CC4CCC(NC(=O)OC(C)(C)C)CC4)C3)C2)c2cc(CC(F)(F)F)sc2n1.Cc1nc(N2CCC3(CCNC3)C2)c2cc(CC(F)(F)F)sc2n1. The molecule has 0 radical (unpaired) electrons. The van der Waals surface area contributed by atoms with Crippen molar-refractivity contribution in [1.29, 1.82) is 0 Å². The van der Waals surface area contributed by atoms with Crippen LogP contribution < -0.4 is 41.3 Å². The summed E-state index contributed by atoms with van der Waals surface area (Å²) < 4.78 is 189. The smallest absolute Gasteiger partial charge is 0.407 e. The van der Waals surface area contributed by atoms with Crippen LogP contribution in [0.5, 0.6) is 0 Å². The van der Waals surface area contributed by atoms with Crippen molar-refractivity contribution in [2.45, 2.75) is 303 Å². The van der Waals surface area contributed by atoms with Crippen LogP contribution in [0.1, 0.15) is 238 Å². The number of sulfone groups is 1. The summed E-state index contributed by atoms with van der Waals surface area (Å²) in [6.07, 6.45) is 6.71. The Kier molecular flexibility index (Phi) is 34.8. The Labute approximate surface area is 870 Å². The number of aryl methyl sites for hydroxylation is 4. The van der Waals surface area contributed by atoms with Crippen LogP contribution in [0.2, 0.25) is 0 Å². The molecule has 8 aromatic heterocycles. The second kappa shape index (κ2) is 45.6. The molecule has 4 saturated carbocycles. The van der Waals surface area contributed by atoms with Gasteiger partial charge in [-0.2, -0.15) is 52.7 Å².